The topological polar surface area (TPSA) is 30.5 Å². The molecule has 88 valence electrons. The quantitative estimate of drug-likeness (QED) is 0.847. The molecule has 0 aromatic heterocycles. The van der Waals surface area contributed by atoms with Crippen LogP contribution in [-0.4, -0.2) is 13.2 Å². The fourth-order valence-corrected chi connectivity index (χ4v) is 2.28. The van der Waals surface area contributed by atoms with Gasteiger partial charge in [0.25, 0.3) is 0 Å². The predicted octanol–water partition coefficient (Wildman–Crippen LogP) is 3.36. The highest BCUT2D eigenvalue weighted by Gasteiger charge is 2.35. The fourth-order valence-electron chi connectivity index (χ4n) is 1.92. The van der Waals surface area contributed by atoms with E-state index in [2.05, 4.69) is 12.4 Å². The van der Waals surface area contributed by atoms with Crippen molar-refractivity contribution in [2.45, 2.75) is 25.5 Å². The largest absolute Gasteiger partial charge is 0.486 e. The minimum Gasteiger partial charge on any atom is -0.486 e. The summed E-state index contributed by atoms with van der Waals surface area (Å²) in [6.45, 7) is 2.05. The van der Waals surface area contributed by atoms with Crippen LogP contribution in [-0.2, 0) is 4.84 Å². The van der Waals surface area contributed by atoms with Gasteiger partial charge >= 0.3 is 0 Å². The summed E-state index contributed by atoms with van der Waals surface area (Å²) < 4.78 is 5.77. The first-order valence-electron chi connectivity index (χ1n) is 5.12. The summed E-state index contributed by atoms with van der Waals surface area (Å²) in [5, 5.41) is 0.978. The minimum atomic E-state index is -0.000216. The van der Waals surface area contributed by atoms with Gasteiger partial charge < -0.3 is 9.57 Å². The third kappa shape index (κ3) is 1.89. The molecule has 0 spiro atoms. The SMILES string of the molecule is CCC1Oc2c(ccc(Cl)c2Cl)C1NOC. The molecule has 1 aliphatic heterocycles. The number of hydrogen-bond donors (Lipinski definition) is 1. The van der Waals surface area contributed by atoms with Gasteiger partial charge in [0, 0.05) is 5.56 Å². The average molecular weight is 262 g/mol. The maximum absolute atomic E-state index is 6.10. The molecule has 16 heavy (non-hydrogen) atoms. The van der Waals surface area contributed by atoms with Gasteiger partial charge in [-0.15, -0.1) is 0 Å². The van der Waals surface area contributed by atoms with Crippen molar-refractivity contribution < 1.29 is 9.57 Å². The van der Waals surface area contributed by atoms with Crippen molar-refractivity contribution in [2.75, 3.05) is 7.11 Å². The van der Waals surface area contributed by atoms with E-state index in [0.29, 0.717) is 15.8 Å². The van der Waals surface area contributed by atoms with E-state index >= 15 is 0 Å². The highest BCUT2D eigenvalue weighted by molar-refractivity contribution is 6.43. The van der Waals surface area contributed by atoms with Crippen LogP contribution < -0.4 is 10.2 Å². The average Bonchev–Trinajstić information content (AvgIpc) is 2.63. The van der Waals surface area contributed by atoms with Crippen molar-refractivity contribution >= 4 is 23.2 Å². The van der Waals surface area contributed by atoms with Gasteiger partial charge in [-0.2, -0.15) is 5.48 Å². The molecule has 0 radical (unpaired) electrons. The molecule has 0 amide bonds. The highest BCUT2D eigenvalue weighted by atomic mass is 35.5. The van der Waals surface area contributed by atoms with Crippen LogP contribution in [0.3, 0.4) is 0 Å². The van der Waals surface area contributed by atoms with Gasteiger partial charge in [0.1, 0.15) is 16.9 Å². The number of hydroxylamine groups is 1. The van der Waals surface area contributed by atoms with Crippen molar-refractivity contribution in [3.63, 3.8) is 0 Å². The molecule has 5 heteroatoms. The molecule has 2 rings (SSSR count). The fraction of sp³-hybridized carbons (Fsp3) is 0.455. The summed E-state index contributed by atoms with van der Waals surface area (Å²) >= 11 is 12.0. The Kier molecular flexibility index (Phi) is 3.60. The Morgan fingerprint density at radius 3 is 2.81 bits per heavy atom. The van der Waals surface area contributed by atoms with E-state index in [4.69, 9.17) is 32.8 Å². The lowest BCUT2D eigenvalue weighted by atomic mass is 10.0. The van der Waals surface area contributed by atoms with Gasteiger partial charge in [-0.05, 0) is 12.5 Å². The molecule has 0 fully saturated rings. The first kappa shape index (κ1) is 12.0. The van der Waals surface area contributed by atoms with E-state index < -0.39 is 0 Å². The molecule has 1 aromatic rings. The molecule has 1 heterocycles. The van der Waals surface area contributed by atoms with Crippen LogP contribution in [0.15, 0.2) is 12.1 Å². The number of fused-ring (bicyclic) bond motifs is 1. The van der Waals surface area contributed by atoms with Crippen LogP contribution in [0.25, 0.3) is 0 Å². The summed E-state index contributed by atoms with van der Waals surface area (Å²) in [5.74, 6) is 0.663. The Balaban J connectivity index is 2.41. The molecule has 2 unspecified atom stereocenters. The molecule has 0 aliphatic carbocycles. The third-order valence-electron chi connectivity index (χ3n) is 2.70. The highest BCUT2D eigenvalue weighted by Crippen LogP contribution is 2.45. The van der Waals surface area contributed by atoms with E-state index in [1.54, 1.807) is 13.2 Å². The second kappa shape index (κ2) is 4.80. The molecule has 0 bridgehead atoms. The molecular weight excluding hydrogens is 249 g/mol. The van der Waals surface area contributed by atoms with Crippen LogP contribution in [0.2, 0.25) is 10.0 Å². The maximum atomic E-state index is 6.10. The number of nitrogens with one attached hydrogen (secondary N) is 1. The van der Waals surface area contributed by atoms with E-state index in [0.717, 1.165) is 12.0 Å². The van der Waals surface area contributed by atoms with E-state index in [1.807, 2.05) is 6.07 Å². The lowest BCUT2D eigenvalue weighted by Crippen LogP contribution is -2.29. The lowest BCUT2D eigenvalue weighted by molar-refractivity contribution is 0.0283. The molecule has 1 N–H and O–H groups in total. The zero-order valence-electron chi connectivity index (χ0n) is 9.09. The summed E-state index contributed by atoms with van der Waals surface area (Å²) in [6.07, 6.45) is 0.884. The van der Waals surface area contributed by atoms with Crippen molar-refractivity contribution in [2.24, 2.45) is 0 Å². The maximum Gasteiger partial charge on any atom is 0.144 e. The monoisotopic (exact) mass is 261 g/mol. The standard InChI is InChI=1S/C11H13Cl2NO2/c1-3-8-10(14-15-2)6-4-5-7(12)9(13)11(6)16-8/h4-5,8,10,14H,3H2,1-2H3. The third-order valence-corrected chi connectivity index (χ3v) is 3.49. The summed E-state index contributed by atoms with van der Waals surface area (Å²) in [4.78, 5) is 4.98. The normalized spacial score (nSPS) is 23.0. The minimum absolute atomic E-state index is 0.000216. The summed E-state index contributed by atoms with van der Waals surface area (Å²) in [6, 6.07) is 3.68. The first-order valence-corrected chi connectivity index (χ1v) is 5.87. The van der Waals surface area contributed by atoms with Gasteiger partial charge in [0.2, 0.25) is 0 Å². The van der Waals surface area contributed by atoms with Crippen LogP contribution in [0.4, 0.5) is 0 Å². The van der Waals surface area contributed by atoms with Crippen molar-refractivity contribution in [3.05, 3.63) is 27.7 Å². The second-order valence-corrected chi connectivity index (χ2v) is 4.43. The lowest BCUT2D eigenvalue weighted by Gasteiger charge is -2.17. The first-order chi connectivity index (χ1) is 7.69. The number of rotatable bonds is 3. The smallest absolute Gasteiger partial charge is 0.144 e. The zero-order chi connectivity index (χ0) is 11.7. The van der Waals surface area contributed by atoms with E-state index in [-0.39, 0.29) is 12.1 Å². The molecule has 1 aliphatic rings. The summed E-state index contributed by atoms with van der Waals surface area (Å²) in [5.41, 5.74) is 3.91. The van der Waals surface area contributed by atoms with Gasteiger partial charge in [-0.3, -0.25) is 0 Å². The molecule has 1 aromatic carbocycles. The Morgan fingerprint density at radius 1 is 1.44 bits per heavy atom. The van der Waals surface area contributed by atoms with Gasteiger partial charge in [0.15, 0.2) is 0 Å². The van der Waals surface area contributed by atoms with E-state index in [1.165, 1.54) is 0 Å². The number of hydrogen-bond acceptors (Lipinski definition) is 3. The second-order valence-electron chi connectivity index (χ2n) is 3.64. The molecule has 3 nitrogen and oxygen atoms in total. The van der Waals surface area contributed by atoms with Crippen LogP contribution in [0, 0.1) is 0 Å². The van der Waals surface area contributed by atoms with Gasteiger partial charge in [0.05, 0.1) is 18.2 Å². The van der Waals surface area contributed by atoms with E-state index in [9.17, 15) is 0 Å². The van der Waals surface area contributed by atoms with Crippen molar-refractivity contribution in [3.8, 4) is 5.75 Å². The Bertz CT molecular complexity index is 398. The van der Waals surface area contributed by atoms with Crippen molar-refractivity contribution in [1.29, 1.82) is 0 Å². The number of benzene rings is 1. The Morgan fingerprint density at radius 2 is 2.19 bits per heavy atom. The van der Waals surface area contributed by atoms with Crippen LogP contribution in [0.1, 0.15) is 24.9 Å². The van der Waals surface area contributed by atoms with Gasteiger partial charge in [-0.25, -0.2) is 0 Å². The molecule has 0 saturated heterocycles. The Hall–Kier alpha value is -0.480. The predicted molar refractivity (Wildman–Crippen MR) is 64.1 cm³/mol. The van der Waals surface area contributed by atoms with Crippen LogP contribution >= 0.6 is 23.2 Å². The van der Waals surface area contributed by atoms with Crippen molar-refractivity contribution in [1.82, 2.24) is 5.48 Å². The number of ether oxygens (including phenoxy) is 1. The van der Waals surface area contributed by atoms with Crippen LogP contribution in [0.5, 0.6) is 5.75 Å². The Labute approximate surface area is 105 Å². The number of halogens is 2. The summed E-state index contributed by atoms with van der Waals surface area (Å²) in [7, 11) is 1.59. The molecule has 0 saturated carbocycles. The molecule has 2 atom stereocenters. The zero-order valence-corrected chi connectivity index (χ0v) is 10.6. The van der Waals surface area contributed by atoms with Gasteiger partial charge in [-0.1, -0.05) is 36.2 Å². The molecular formula is C11H13Cl2NO2.